The summed E-state index contributed by atoms with van der Waals surface area (Å²) in [6.07, 6.45) is -0.157. The van der Waals surface area contributed by atoms with Gasteiger partial charge < -0.3 is 18.9 Å². The van der Waals surface area contributed by atoms with Gasteiger partial charge in [0.25, 0.3) is 0 Å². The molecule has 19 heavy (non-hydrogen) atoms. The first-order valence-electron chi connectivity index (χ1n) is 6.17. The van der Waals surface area contributed by atoms with Gasteiger partial charge in [-0.15, -0.1) is 0 Å². The highest BCUT2D eigenvalue weighted by Crippen LogP contribution is 2.27. The molecule has 0 aliphatic carbocycles. The van der Waals surface area contributed by atoms with E-state index in [1.807, 2.05) is 6.07 Å². The maximum atomic E-state index is 12.0. The normalized spacial score (nSPS) is 18.9. The summed E-state index contributed by atoms with van der Waals surface area (Å²) in [5, 5.41) is 0. The number of benzene rings is 1. The monoisotopic (exact) mass is 266 g/mol. The van der Waals surface area contributed by atoms with Gasteiger partial charge in [-0.2, -0.15) is 0 Å². The summed E-state index contributed by atoms with van der Waals surface area (Å²) in [6.45, 7) is 1.37. The molecule has 0 saturated carbocycles. The van der Waals surface area contributed by atoms with Crippen molar-refractivity contribution >= 4 is 5.78 Å². The Bertz CT molecular complexity index is 437. The number of ketones is 1. The second kappa shape index (κ2) is 6.54. The lowest BCUT2D eigenvalue weighted by molar-refractivity contribution is -0.144. The molecule has 0 bridgehead atoms. The summed E-state index contributed by atoms with van der Waals surface area (Å²) in [5.74, 6) is 1.29. The van der Waals surface area contributed by atoms with Crippen LogP contribution in [0.15, 0.2) is 18.2 Å². The number of ether oxygens (including phenoxy) is 4. The molecule has 0 amide bonds. The maximum Gasteiger partial charge on any atom is 0.168 e. The van der Waals surface area contributed by atoms with Gasteiger partial charge in [0.1, 0.15) is 6.10 Å². The van der Waals surface area contributed by atoms with Crippen LogP contribution in [0.1, 0.15) is 5.56 Å². The average molecular weight is 266 g/mol. The van der Waals surface area contributed by atoms with Crippen molar-refractivity contribution in [3.05, 3.63) is 23.8 Å². The van der Waals surface area contributed by atoms with Crippen molar-refractivity contribution in [2.75, 3.05) is 34.0 Å². The first-order valence-corrected chi connectivity index (χ1v) is 6.17. The molecular formula is C14H18O5. The van der Waals surface area contributed by atoms with Gasteiger partial charge >= 0.3 is 0 Å². The van der Waals surface area contributed by atoms with E-state index >= 15 is 0 Å². The third-order valence-corrected chi connectivity index (χ3v) is 3.00. The van der Waals surface area contributed by atoms with Gasteiger partial charge in [0.05, 0.1) is 34.0 Å². The van der Waals surface area contributed by atoms with E-state index in [-0.39, 0.29) is 5.78 Å². The third-order valence-electron chi connectivity index (χ3n) is 3.00. The van der Waals surface area contributed by atoms with Gasteiger partial charge in [0, 0.05) is 6.42 Å². The van der Waals surface area contributed by atoms with Crippen LogP contribution in [-0.2, 0) is 20.7 Å². The fraction of sp³-hybridized carbons (Fsp3) is 0.500. The summed E-state index contributed by atoms with van der Waals surface area (Å²) in [4.78, 5) is 12.0. The molecule has 1 fully saturated rings. The largest absolute Gasteiger partial charge is 0.493 e. The molecule has 5 nitrogen and oxygen atoms in total. The lowest BCUT2D eigenvalue weighted by Gasteiger charge is -2.21. The van der Waals surface area contributed by atoms with Crippen molar-refractivity contribution in [1.29, 1.82) is 0 Å². The summed E-state index contributed by atoms with van der Waals surface area (Å²) < 4.78 is 21.0. The Kier molecular flexibility index (Phi) is 4.76. The summed E-state index contributed by atoms with van der Waals surface area (Å²) in [6, 6.07) is 5.45. The molecule has 5 heteroatoms. The minimum absolute atomic E-state index is 0.0203. The molecule has 0 aromatic heterocycles. The number of rotatable bonds is 5. The lowest BCUT2D eigenvalue weighted by atomic mass is 10.0. The predicted octanol–water partition coefficient (Wildman–Crippen LogP) is 1.23. The highest BCUT2D eigenvalue weighted by atomic mass is 16.6. The Hall–Kier alpha value is -1.59. The minimum atomic E-state index is -0.457. The Balaban J connectivity index is 2.03. The number of carbonyl (C=O) groups is 1. The van der Waals surface area contributed by atoms with E-state index in [9.17, 15) is 4.79 Å². The predicted molar refractivity (Wildman–Crippen MR) is 68.8 cm³/mol. The Morgan fingerprint density at radius 2 is 2.05 bits per heavy atom. The maximum absolute atomic E-state index is 12.0. The quantitative estimate of drug-likeness (QED) is 0.802. The van der Waals surface area contributed by atoms with E-state index in [0.29, 0.717) is 37.7 Å². The van der Waals surface area contributed by atoms with Gasteiger partial charge in [-0.25, -0.2) is 0 Å². The van der Waals surface area contributed by atoms with E-state index in [1.165, 1.54) is 0 Å². The zero-order valence-corrected chi connectivity index (χ0v) is 11.2. The smallest absolute Gasteiger partial charge is 0.168 e. The molecule has 1 heterocycles. The molecule has 0 spiro atoms. The fourth-order valence-corrected chi connectivity index (χ4v) is 1.98. The second-order valence-corrected chi connectivity index (χ2v) is 4.27. The summed E-state index contributed by atoms with van der Waals surface area (Å²) >= 11 is 0. The number of methoxy groups -OCH3 is 2. The van der Waals surface area contributed by atoms with E-state index < -0.39 is 6.10 Å². The van der Waals surface area contributed by atoms with Crippen LogP contribution in [-0.4, -0.2) is 45.9 Å². The molecule has 1 unspecified atom stereocenters. The molecule has 0 N–H and O–H groups in total. The molecule has 1 aromatic carbocycles. The number of carbonyl (C=O) groups excluding carboxylic acids is 1. The average Bonchev–Trinajstić information content (AvgIpc) is 2.48. The minimum Gasteiger partial charge on any atom is -0.493 e. The van der Waals surface area contributed by atoms with Crippen LogP contribution in [0.5, 0.6) is 11.5 Å². The zero-order valence-electron chi connectivity index (χ0n) is 11.2. The molecule has 1 aliphatic rings. The Morgan fingerprint density at radius 1 is 1.26 bits per heavy atom. The Morgan fingerprint density at radius 3 is 2.68 bits per heavy atom. The van der Waals surface area contributed by atoms with Crippen molar-refractivity contribution in [2.45, 2.75) is 12.5 Å². The lowest BCUT2D eigenvalue weighted by Crippen LogP contribution is -2.36. The van der Waals surface area contributed by atoms with Crippen LogP contribution in [0.25, 0.3) is 0 Å². The van der Waals surface area contributed by atoms with Crippen molar-refractivity contribution in [3.63, 3.8) is 0 Å². The first kappa shape index (κ1) is 13.8. The molecule has 0 radical (unpaired) electrons. The SMILES string of the molecule is COc1ccc(CC(=O)C2COCCO2)cc1OC. The fourth-order valence-electron chi connectivity index (χ4n) is 1.98. The summed E-state index contributed by atoms with van der Waals surface area (Å²) in [5.41, 5.74) is 0.872. The molecular weight excluding hydrogens is 248 g/mol. The van der Waals surface area contributed by atoms with Crippen LogP contribution < -0.4 is 9.47 Å². The van der Waals surface area contributed by atoms with Crippen LogP contribution in [0, 0.1) is 0 Å². The van der Waals surface area contributed by atoms with Crippen molar-refractivity contribution in [2.24, 2.45) is 0 Å². The van der Waals surface area contributed by atoms with Gasteiger partial charge in [0.2, 0.25) is 0 Å². The van der Waals surface area contributed by atoms with Crippen LogP contribution in [0.2, 0.25) is 0 Å². The molecule has 2 rings (SSSR count). The standard InChI is InChI=1S/C14H18O5/c1-16-12-4-3-10(8-13(12)17-2)7-11(15)14-9-18-5-6-19-14/h3-4,8,14H,5-7,9H2,1-2H3. The van der Waals surface area contributed by atoms with E-state index in [1.54, 1.807) is 26.4 Å². The second-order valence-electron chi connectivity index (χ2n) is 4.27. The van der Waals surface area contributed by atoms with Gasteiger partial charge in [0.15, 0.2) is 17.3 Å². The first-order chi connectivity index (χ1) is 9.24. The molecule has 1 atom stereocenters. The molecule has 104 valence electrons. The van der Waals surface area contributed by atoms with Crippen LogP contribution >= 0.6 is 0 Å². The number of hydrogen-bond acceptors (Lipinski definition) is 5. The molecule has 1 aromatic rings. The van der Waals surface area contributed by atoms with Gasteiger partial charge in [-0.3, -0.25) is 4.79 Å². The van der Waals surface area contributed by atoms with Gasteiger partial charge in [-0.05, 0) is 17.7 Å². The highest BCUT2D eigenvalue weighted by molar-refractivity contribution is 5.85. The highest BCUT2D eigenvalue weighted by Gasteiger charge is 2.22. The molecule has 1 aliphatic heterocycles. The van der Waals surface area contributed by atoms with E-state index in [0.717, 1.165) is 5.56 Å². The van der Waals surface area contributed by atoms with Crippen molar-refractivity contribution < 1.29 is 23.7 Å². The molecule has 1 saturated heterocycles. The third kappa shape index (κ3) is 3.45. The summed E-state index contributed by atoms with van der Waals surface area (Å²) in [7, 11) is 3.15. The van der Waals surface area contributed by atoms with E-state index in [4.69, 9.17) is 18.9 Å². The number of Topliss-reactive ketones (excluding diaryl/α,β-unsaturated/α-hetero) is 1. The topological polar surface area (TPSA) is 54.0 Å². The van der Waals surface area contributed by atoms with Crippen molar-refractivity contribution in [1.82, 2.24) is 0 Å². The van der Waals surface area contributed by atoms with Crippen molar-refractivity contribution in [3.8, 4) is 11.5 Å². The Labute approximate surface area is 112 Å². The van der Waals surface area contributed by atoms with Crippen LogP contribution in [0.4, 0.5) is 0 Å². The zero-order chi connectivity index (χ0) is 13.7. The van der Waals surface area contributed by atoms with Crippen LogP contribution in [0.3, 0.4) is 0 Å². The van der Waals surface area contributed by atoms with Gasteiger partial charge in [-0.1, -0.05) is 6.07 Å². The number of hydrogen-bond donors (Lipinski definition) is 0. The van der Waals surface area contributed by atoms with E-state index in [2.05, 4.69) is 0 Å².